The molecule has 0 aliphatic heterocycles. The molecule has 7 heteroatoms. The van der Waals surface area contributed by atoms with E-state index in [9.17, 15) is 14.4 Å². The van der Waals surface area contributed by atoms with Crippen molar-refractivity contribution in [2.75, 3.05) is 19.8 Å². The van der Waals surface area contributed by atoms with E-state index in [1.54, 1.807) is 19.1 Å². The second-order valence-corrected chi connectivity index (χ2v) is 6.33. The molecular weight excluding hydrogens is 360 g/mol. The van der Waals surface area contributed by atoms with Crippen molar-refractivity contribution in [3.05, 3.63) is 53.3 Å². The van der Waals surface area contributed by atoms with Crippen LogP contribution in [0.2, 0.25) is 0 Å². The lowest BCUT2D eigenvalue weighted by atomic mass is 10.2. The number of ether oxygens (including phenoxy) is 2. The standard InChI is InChI=1S/C21H26N2O5/c1-4-27-20(25)6-5-13-22-19(24)14-28-21(26)17-9-11-18(12-10-17)23-15(2)7-8-16(23)3/h7-12H,4-6,13-14H2,1-3H3,(H,22,24). The fourth-order valence-corrected chi connectivity index (χ4v) is 2.78. The SMILES string of the molecule is CCOC(=O)CCCNC(=O)COC(=O)c1ccc(-n2c(C)ccc2C)cc1. The third kappa shape index (κ3) is 5.97. The Labute approximate surface area is 164 Å². The van der Waals surface area contributed by atoms with Gasteiger partial charge >= 0.3 is 11.9 Å². The van der Waals surface area contributed by atoms with Crippen molar-refractivity contribution in [1.82, 2.24) is 9.88 Å². The van der Waals surface area contributed by atoms with Crippen molar-refractivity contribution in [1.29, 1.82) is 0 Å². The highest BCUT2D eigenvalue weighted by molar-refractivity contribution is 5.91. The number of carbonyl (C=O) groups is 3. The highest BCUT2D eigenvalue weighted by Crippen LogP contribution is 2.17. The van der Waals surface area contributed by atoms with Crippen molar-refractivity contribution in [2.24, 2.45) is 0 Å². The van der Waals surface area contributed by atoms with E-state index < -0.39 is 11.9 Å². The quantitative estimate of drug-likeness (QED) is 0.529. The molecule has 0 bridgehead atoms. The zero-order valence-electron chi connectivity index (χ0n) is 16.5. The molecule has 0 fully saturated rings. The van der Waals surface area contributed by atoms with Crippen molar-refractivity contribution < 1.29 is 23.9 Å². The molecule has 150 valence electrons. The molecule has 0 aliphatic rings. The molecule has 1 aromatic carbocycles. The van der Waals surface area contributed by atoms with Crippen LogP contribution >= 0.6 is 0 Å². The number of nitrogens with one attached hydrogen (secondary N) is 1. The lowest BCUT2D eigenvalue weighted by molar-refractivity contribution is -0.143. The van der Waals surface area contributed by atoms with Gasteiger partial charge in [0.25, 0.3) is 5.91 Å². The minimum Gasteiger partial charge on any atom is -0.466 e. The molecule has 2 rings (SSSR count). The predicted octanol–water partition coefficient (Wildman–Crippen LogP) is 2.71. The maximum Gasteiger partial charge on any atom is 0.338 e. The maximum absolute atomic E-state index is 12.1. The number of carbonyl (C=O) groups excluding carboxylic acids is 3. The Hall–Kier alpha value is -3.09. The number of aryl methyl sites for hydroxylation is 2. The molecule has 1 N–H and O–H groups in total. The molecule has 0 unspecified atom stereocenters. The average Bonchev–Trinajstić information content (AvgIpc) is 3.02. The minimum atomic E-state index is -0.561. The van der Waals surface area contributed by atoms with Gasteiger partial charge in [-0.3, -0.25) is 9.59 Å². The summed E-state index contributed by atoms with van der Waals surface area (Å²) in [5.74, 6) is -1.27. The molecule has 1 heterocycles. The first-order valence-corrected chi connectivity index (χ1v) is 9.27. The van der Waals surface area contributed by atoms with Crippen LogP contribution in [0.3, 0.4) is 0 Å². The summed E-state index contributed by atoms with van der Waals surface area (Å²) in [5, 5.41) is 2.60. The van der Waals surface area contributed by atoms with Crippen LogP contribution in [0, 0.1) is 13.8 Å². The van der Waals surface area contributed by atoms with Gasteiger partial charge in [0.05, 0.1) is 12.2 Å². The topological polar surface area (TPSA) is 86.6 Å². The zero-order chi connectivity index (χ0) is 20.5. The van der Waals surface area contributed by atoms with E-state index in [4.69, 9.17) is 9.47 Å². The molecule has 7 nitrogen and oxygen atoms in total. The highest BCUT2D eigenvalue weighted by atomic mass is 16.5. The van der Waals surface area contributed by atoms with Crippen molar-refractivity contribution >= 4 is 17.8 Å². The number of benzene rings is 1. The van der Waals surface area contributed by atoms with Crippen LogP contribution in [-0.4, -0.2) is 42.2 Å². The number of hydrogen-bond acceptors (Lipinski definition) is 5. The van der Waals surface area contributed by atoms with Gasteiger partial charge in [0.2, 0.25) is 0 Å². The van der Waals surface area contributed by atoms with Crippen molar-refractivity contribution in [2.45, 2.75) is 33.6 Å². The number of aromatic nitrogens is 1. The van der Waals surface area contributed by atoms with Crippen LogP contribution in [0.1, 0.15) is 41.5 Å². The molecule has 1 aromatic heterocycles. The van der Waals surface area contributed by atoms with Gasteiger partial charge in [-0.2, -0.15) is 0 Å². The van der Waals surface area contributed by atoms with Crippen LogP contribution < -0.4 is 5.32 Å². The summed E-state index contributed by atoms with van der Waals surface area (Å²) in [6.07, 6.45) is 0.707. The van der Waals surface area contributed by atoms with E-state index in [0.717, 1.165) is 17.1 Å². The summed E-state index contributed by atoms with van der Waals surface area (Å²) in [6, 6.07) is 11.1. The van der Waals surface area contributed by atoms with E-state index in [-0.39, 0.29) is 19.0 Å². The third-order valence-electron chi connectivity index (χ3n) is 4.15. The van der Waals surface area contributed by atoms with E-state index >= 15 is 0 Å². The number of amides is 1. The predicted molar refractivity (Wildman–Crippen MR) is 104 cm³/mol. The molecule has 1 amide bonds. The molecule has 2 aromatic rings. The molecule has 0 aliphatic carbocycles. The molecule has 0 atom stereocenters. The van der Waals surface area contributed by atoms with Crippen LogP contribution in [0.5, 0.6) is 0 Å². The summed E-state index contributed by atoms with van der Waals surface area (Å²) in [6.45, 7) is 6.06. The number of esters is 2. The lowest BCUT2D eigenvalue weighted by Gasteiger charge is -2.10. The van der Waals surface area contributed by atoms with Gasteiger partial charge in [0.15, 0.2) is 6.61 Å². The van der Waals surface area contributed by atoms with Gasteiger partial charge < -0.3 is 19.4 Å². The Morgan fingerprint density at radius 3 is 2.21 bits per heavy atom. The maximum atomic E-state index is 12.1. The van der Waals surface area contributed by atoms with Crippen LogP contribution in [0.25, 0.3) is 5.69 Å². The first kappa shape index (κ1) is 21.2. The monoisotopic (exact) mass is 386 g/mol. The van der Waals surface area contributed by atoms with Gasteiger partial charge in [-0.15, -0.1) is 0 Å². The number of nitrogens with zero attached hydrogens (tertiary/aromatic N) is 1. The summed E-state index contributed by atoms with van der Waals surface area (Å²) >= 11 is 0. The third-order valence-corrected chi connectivity index (χ3v) is 4.15. The fourth-order valence-electron chi connectivity index (χ4n) is 2.78. The van der Waals surface area contributed by atoms with Gasteiger partial charge in [0.1, 0.15) is 0 Å². The largest absolute Gasteiger partial charge is 0.466 e. The smallest absolute Gasteiger partial charge is 0.338 e. The summed E-state index contributed by atoms with van der Waals surface area (Å²) < 4.78 is 11.9. The second kappa shape index (κ2) is 10.3. The summed E-state index contributed by atoms with van der Waals surface area (Å²) in [7, 11) is 0. The first-order valence-electron chi connectivity index (χ1n) is 9.27. The zero-order valence-corrected chi connectivity index (χ0v) is 16.5. The summed E-state index contributed by atoms with van der Waals surface area (Å²) in [4.78, 5) is 35.0. The molecule has 0 radical (unpaired) electrons. The Bertz CT molecular complexity index is 804. The Balaban J connectivity index is 1.77. The molecule has 28 heavy (non-hydrogen) atoms. The lowest BCUT2D eigenvalue weighted by Crippen LogP contribution is -2.30. The minimum absolute atomic E-state index is 0.237. The summed E-state index contributed by atoms with van der Waals surface area (Å²) in [5.41, 5.74) is 3.54. The van der Waals surface area contributed by atoms with Gasteiger partial charge in [-0.25, -0.2) is 4.79 Å². The van der Waals surface area contributed by atoms with E-state index in [1.807, 2.05) is 38.1 Å². The van der Waals surface area contributed by atoms with E-state index in [1.165, 1.54) is 0 Å². The number of rotatable bonds is 9. The second-order valence-electron chi connectivity index (χ2n) is 6.33. The Morgan fingerprint density at radius 1 is 0.964 bits per heavy atom. The highest BCUT2D eigenvalue weighted by Gasteiger charge is 2.11. The Kier molecular flexibility index (Phi) is 7.80. The van der Waals surface area contributed by atoms with Gasteiger partial charge in [-0.05, 0) is 63.6 Å². The number of hydrogen-bond donors (Lipinski definition) is 1. The van der Waals surface area contributed by atoms with Crippen molar-refractivity contribution in [3.8, 4) is 5.69 Å². The van der Waals surface area contributed by atoms with Crippen molar-refractivity contribution in [3.63, 3.8) is 0 Å². The van der Waals surface area contributed by atoms with Gasteiger partial charge in [-0.1, -0.05) is 0 Å². The van der Waals surface area contributed by atoms with E-state index in [0.29, 0.717) is 25.1 Å². The van der Waals surface area contributed by atoms with Crippen LogP contribution in [-0.2, 0) is 19.1 Å². The molecule has 0 saturated carbocycles. The Morgan fingerprint density at radius 2 is 1.61 bits per heavy atom. The first-order chi connectivity index (χ1) is 13.4. The van der Waals surface area contributed by atoms with Crippen LogP contribution in [0.4, 0.5) is 0 Å². The molecule has 0 spiro atoms. The fraction of sp³-hybridized carbons (Fsp3) is 0.381. The van der Waals surface area contributed by atoms with Crippen LogP contribution in [0.15, 0.2) is 36.4 Å². The molecular formula is C21H26N2O5. The molecule has 0 saturated heterocycles. The van der Waals surface area contributed by atoms with E-state index in [2.05, 4.69) is 9.88 Å². The van der Waals surface area contributed by atoms with Gasteiger partial charge in [0, 0.05) is 30.0 Å². The normalized spacial score (nSPS) is 10.4. The average molecular weight is 386 g/mol.